The second-order valence-electron chi connectivity index (χ2n) is 2.32. The molecule has 0 aliphatic heterocycles. The molecule has 0 aliphatic carbocycles. The first-order valence-corrected chi connectivity index (χ1v) is 4.04. The van der Waals surface area contributed by atoms with E-state index >= 15 is 0 Å². The van der Waals surface area contributed by atoms with Crippen LogP contribution in [0.25, 0.3) is 0 Å². The first-order valence-electron chi connectivity index (χ1n) is 4.04. The molecule has 0 aromatic carbocycles. The minimum absolute atomic E-state index is 0.473. The molecule has 0 aromatic heterocycles. The van der Waals surface area contributed by atoms with Gasteiger partial charge in [0.05, 0.1) is 6.26 Å². The van der Waals surface area contributed by atoms with E-state index in [1.165, 1.54) is 0 Å². The van der Waals surface area contributed by atoms with E-state index < -0.39 is 23.9 Å². The van der Waals surface area contributed by atoms with Gasteiger partial charge in [-0.2, -0.15) is 0 Å². The van der Waals surface area contributed by atoms with E-state index in [2.05, 4.69) is 27.4 Å². The van der Waals surface area contributed by atoms with Crippen molar-refractivity contribution < 1.29 is 28.6 Å². The Hall–Kier alpha value is -2.37. The van der Waals surface area contributed by atoms with Gasteiger partial charge in [-0.1, -0.05) is 6.58 Å². The lowest BCUT2D eigenvalue weighted by molar-refractivity contribution is -0.149. The normalized spacial score (nSPS) is 9.31. The zero-order valence-corrected chi connectivity index (χ0v) is 8.60. The highest BCUT2D eigenvalue weighted by molar-refractivity contribution is 5.92. The topological polar surface area (TPSA) is 78.9 Å². The van der Waals surface area contributed by atoms with E-state index in [1.807, 2.05) is 0 Å². The fourth-order valence-corrected chi connectivity index (χ4v) is 0.585. The standard InChI is InChI=1S/C10H10O6/c1-4-14-9(12)5-6-10(13)16-8(3)15-7(2)11/h4-6H,1,3H2,2H3/b6-5-. The summed E-state index contributed by atoms with van der Waals surface area (Å²) in [5.41, 5.74) is 0. The number of carbonyl (C=O) groups is 3. The molecule has 86 valence electrons. The molecule has 0 N–H and O–H groups in total. The van der Waals surface area contributed by atoms with Gasteiger partial charge < -0.3 is 14.2 Å². The fourth-order valence-electron chi connectivity index (χ4n) is 0.585. The van der Waals surface area contributed by atoms with E-state index in [9.17, 15) is 14.4 Å². The van der Waals surface area contributed by atoms with Crippen molar-refractivity contribution in [3.8, 4) is 0 Å². The molecule has 0 bridgehead atoms. The maximum atomic E-state index is 10.9. The summed E-state index contributed by atoms with van der Waals surface area (Å²) in [5, 5.41) is 0. The van der Waals surface area contributed by atoms with Gasteiger partial charge >= 0.3 is 17.9 Å². The van der Waals surface area contributed by atoms with Gasteiger partial charge in [-0.05, 0) is 6.58 Å². The van der Waals surface area contributed by atoms with Crippen molar-refractivity contribution in [1.82, 2.24) is 0 Å². The third-order valence-electron chi connectivity index (χ3n) is 1.03. The van der Waals surface area contributed by atoms with Crippen molar-refractivity contribution >= 4 is 17.9 Å². The Kier molecular flexibility index (Phi) is 5.96. The van der Waals surface area contributed by atoms with Gasteiger partial charge in [0, 0.05) is 19.1 Å². The predicted molar refractivity (Wildman–Crippen MR) is 52.4 cm³/mol. The molecular weight excluding hydrogens is 216 g/mol. The van der Waals surface area contributed by atoms with E-state index in [-0.39, 0.29) is 0 Å². The van der Waals surface area contributed by atoms with Crippen molar-refractivity contribution in [2.45, 2.75) is 6.92 Å². The van der Waals surface area contributed by atoms with Crippen LogP contribution in [0, 0.1) is 0 Å². The molecule has 16 heavy (non-hydrogen) atoms. The Bertz CT molecular complexity index is 352. The summed E-state index contributed by atoms with van der Waals surface area (Å²) in [6, 6.07) is 0. The van der Waals surface area contributed by atoms with Crippen LogP contribution in [0.4, 0.5) is 0 Å². The molecule has 0 aliphatic rings. The average Bonchev–Trinajstić information content (AvgIpc) is 2.13. The van der Waals surface area contributed by atoms with E-state index in [0.717, 1.165) is 25.3 Å². The Morgan fingerprint density at radius 3 is 2.12 bits per heavy atom. The molecule has 0 heterocycles. The minimum Gasteiger partial charge on any atom is -0.432 e. The highest BCUT2D eigenvalue weighted by Gasteiger charge is 2.05. The monoisotopic (exact) mass is 226 g/mol. The third kappa shape index (κ3) is 7.07. The number of rotatable bonds is 5. The minimum atomic E-state index is -0.924. The maximum absolute atomic E-state index is 10.9. The second-order valence-corrected chi connectivity index (χ2v) is 2.32. The number of hydrogen-bond donors (Lipinski definition) is 0. The van der Waals surface area contributed by atoms with E-state index in [4.69, 9.17) is 0 Å². The maximum Gasteiger partial charge on any atom is 0.338 e. The molecular formula is C10H10O6. The fraction of sp³-hybridized carbons (Fsp3) is 0.100. The average molecular weight is 226 g/mol. The SMILES string of the molecule is C=COC(=O)/C=C\C(=O)OC(=C)OC(C)=O. The molecule has 0 rings (SSSR count). The first kappa shape index (κ1) is 13.6. The van der Waals surface area contributed by atoms with Gasteiger partial charge in [-0.3, -0.25) is 4.79 Å². The van der Waals surface area contributed by atoms with Gasteiger partial charge in [0.1, 0.15) is 0 Å². The Labute approximate surface area is 91.8 Å². The lowest BCUT2D eigenvalue weighted by atomic mass is 10.5. The summed E-state index contributed by atoms with van der Waals surface area (Å²) >= 11 is 0. The lowest BCUT2D eigenvalue weighted by Gasteiger charge is -2.02. The first-order chi connectivity index (χ1) is 7.45. The van der Waals surface area contributed by atoms with Crippen molar-refractivity contribution in [2.75, 3.05) is 0 Å². The van der Waals surface area contributed by atoms with Gasteiger partial charge in [0.15, 0.2) is 0 Å². The molecule has 0 unspecified atom stereocenters. The third-order valence-corrected chi connectivity index (χ3v) is 1.03. The van der Waals surface area contributed by atoms with Gasteiger partial charge in [0.25, 0.3) is 5.95 Å². The van der Waals surface area contributed by atoms with Gasteiger partial charge in [-0.15, -0.1) is 0 Å². The van der Waals surface area contributed by atoms with Crippen LogP contribution < -0.4 is 0 Å². The molecule has 0 fully saturated rings. The molecule has 0 atom stereocenters. The van der Waals surface area contributed by atoms with Crippen LogP contribution in [0.3, 0.4) is 0 Å². The quantitative estimate of drug-likeness (QED) is 0.392. The second kappa shape index (κ2) is 6.99. The van der Waals surface area contributed by atoms with Crippen molar-refractivity contribution in [3.63, 3.8) is 0 Å². The van der Waals surface area contributed by atoms with Crippen LogP contribution in [-0.2, 0) is 28.6 Å². The molecule has 6 nitrogen and oxygen atoms in total. The number of ether oxygens (including phenoxy) is 3. The largest absolute Gasteiger partial charge is 0.432 e. The Morgan fingerprint density at radius 1 is 1.06 bits per heavy atom. The number of carbonyl (C=O) groups excluding carboxylic acids is 3. The van der Waals surface area contributed by atoms with E-state index in [1.54, 1.807) is 0 Å². The summed E-state index contributed by atoms with van der Waals surface area (Å²) in [6.45, 7) is 7.41. The van der Waals surface area contributed by atoms with Crippen LogP contribution in [0.2, 0.25) is 0 Å². The van der Waals surface area contributed by atoms with Crippen LogP contribution in [0.1, 0.15) is 6.92 Å². The van der Waals surface area contributed by atoms with Crippen molar-refractivity contribution in [1.29, 1.82) is 0 Å². The van der Waals surface area contributed by atoms with Crippen molar-refractivity contribution in [3.05, 3.63) is 37.5 Å². The lowest BCUT2D eigenvalue weighted by Crippen LogP contribution is -2.06. The molecule has 0 spiro atoms. The molecule has 6 heteroatoms. The number of esters is 3. The summed E-state index contributed by atoms with van der Waals surface area (Å²) in [7, 11) is 0. The van der Waals surface area contributed by atoms with E-state index in [0.29, 0.717) is 0 Å². The van der Waals surface area contributed by atoms with Gasteiger partial charge in [0.2, 0.25) is 0 Å². The smallest absolute Gasteiger partial charge is 0.338 e. The Balaban J connectivity index is 4.08. The van der Waals surface area contributed by atoms with Crippen LogP contribution in [-0.4, -0.2) is 17.9 Å². The zero-order valence-electron chi connectivity index (χ0n) is 8.60. The summed E-state index contributed by atoms with van der Waals surface area (Å²) < 4.78 is 13.0. The highest BCUT2D eigenvalue weighted by atomic mass is 16.7. The van der Waals surface area contributed by atoms with Crippen molar-refractivity contribution in [2.24, 2.45) is 0 Å². The predicted octanol–water partition coefficient (Wildman–Crippen LogP) is 0.807. The summed E-state index contributed by atoms with van der Waals surface area (Å²) in [4.78, 5) is 32.1. The zero-order chi connectivity index (χ0) is 12.6. The molecule has 0 amide bonds. The molecule has 0 saturated carbocycles. The molecule has 0 radical (unpaired) electrons. The van der Waals surface area contributed by atoms with Crippen LogP contribution >= 0.6 is 0 Å². The van der Waals surface area contributed by atoms with Crippen LogP contribution in [0.15, 0.2) is 37.5 Å². The highest BCUT2D eigenvalue weighted by Crippen LogP contribution is 1.98. The van der Waals surface area contributed by atoms with Gasteiger partial charge in [-0.25, -0.2) is 9.59 Å². The molecule has 0 saturated heterocycles. The van der Waals surface area contributed by atoms with Crippen LogP contribution in [0.5, 0.6) is 0 Å². The summed E-state index contributed by atoms with van der Waals surface area (Å²) in [5.74, 6) is -2.86. The summed E-state index contributed by atoms with van der Waals surface area (Å²) in [6.07, 6.45) is 2.53. The molecule has 0 aromatic rings. The Morgan fingerprint density at radius 2 is 1.62 bits per heavy atom. The number of hydrogen-bond acceptors (Lipinski definition) is 6.